The Morgan fingerprint density at radius 2 is 2.11 bits per heavy atom. The van der Waals surface area contributed by atoms with Gasteiger partial charge in [0.1, 0.15) is 18.3 Å². The quantitative estimate of drug-likeness (QED) is 0.554. The third-order valence-electron chi connectivity index (χ3n) is 4.09. The third kappa shape index (κ3) is 3.80. The Kier molecular flexibility index (Phi) is 4.80. The zero-order valence-electron chi connectivity index (χ0n) is 14.6. The van der Waals surface area contributed by atoms with Crippen molar-refractivity contribution in [1.82, 2.24) is 25.1 Å². The lowest BCUT2D eigenvalue weighted by Gasteiger charge is -2.18. The Hall–Kier alpha value is -3.26. The molecule has 0 spiro atoms. The molecule has 0 saturated heterocycles. The van der Waals surface area contributed by atoms with E-state index in [-0.39, 0.29) is 11.9 Å². The molecule has 0 aliphatic heterocycles. The van der Waals surface area contributed by atoms with E-state index in [1.807, 2.05) is 43.3 Å². The highest BCUT2D eigenvalue weighted by Crippen LogP contribution is 2.28. The van der Waals surface area contributed by atoms with Gasteiger partial charge in [-0.25, -0.2) is 9.97 Å². The van der Waals surface area contributed by atoms with Gasteiger partial charge in [0.15, 0.2) is 10.8 Å². The second-order valence-electron chi connectivity index (χ2n) is 5.96. The van der Waals surface area contributed by atoms with Crippen molar-refractivity contribution in [3.63, 3.8) is 0 Å². The number of hydrogen-bond donors (Lipinski definition) is 1. The first-order chi connectivity index (χ1) is 13.2. The largest absolute Gasteiger partial charge is 0.462 e. The molecular formula is C19H17N5O2S. The molecule has 1 N–H and O–H groups in total. The zero-order valence-corrected chi connectivity index (χ0v) is 15.4. The third-order valence-corrected chi connectivity index (χ3v) is 5.07. The van der Waals surface area contributed by atoms with Gasteiger partial charge in [0, 0.05) is 4.88 Å². The number of aryl methyl sites for hydroxylation is 1. The van der Waals surface area contributed by atoms with E-state index < -0.39 is 0 Å². The number of benzene rings is 1. The highest BCUT2D eigenvalue weighted by atomic mass is 32.1. The van der Waals surface area contributed by atoms with Gasteiger partial charge in [-0.05, 0) is 24.6 Å². The van der Waals surface area contributed by atoms with Gasteiger partial charge in [0.25, 0.3) is 5.91 Å². The van der Waals surface area contributed by atoms with Gasteiger partial charge in [-0.2, -0.15) is 5.10 Å². The van der Waals surface area contributed by atoms with Crippen molar-refractivity contribution in [2.75, 3.05) is 0 Å². The van der Waals surface area contributed by atoms with Crippen molar-refractivity contribution in [1.29, 1.82) is 0 Å². The summed E-state index contributed by atoms with van der Waals surface area (Å²) in [4.78, 5) is 22.2. The molecule has 0 fully saturated rings. The van der Waals surface area contributed by atoms with E-state index >= 15 is 0 Å². The second-order valence-corrected chi connectivity index (χ2v) is 7.16. The number of aromatic nitrogens is 4. The van der Waals surface area contributed by atoms with E-state index in [1.165, 1.54) is 17.7 Å². The molecule has 136 valence electrons. The minimum Gasteiger partial charge on any atom is -0.462 e. The zero-order chi connectivity index (χ0) is 18.6. The number of carbonyl (C=O) groups is 1. The normalized spacial score (nSPS) is 12.0. The number of nitrogens with one attached hydrogen (secondary N) is 1. The minimum absolute atomic E-state index is 0.226. The predicted octanol–water partition coefficient (Wildman–Crippen LogP) is 3.47. The first-order valence-corrected chi connectivity index (χ1v) is 9.22. The molecule has 8 heteroatoms. The number of nitrogens with zero attached hydrogens (tertiary/aromatic N) is 4. The van der Waals surface area contributed by atoms with Crippen molar-refractivity contribution in [2.45, 2.75) is 19.5 Å². The highest BCUT2D eigenvalue weighted by molar-refractivity contribution is 7.15. The highest BCUT2D eigenvalue weighted by Gasteiger charge is 2.22. The van der Waals surface area contributed by atoms with E-state index in [0.29, 0.717) is 23.0 Å². The van der Waals surface area contributed by atoms with Crippen molar-refractivity contribution < 1.29 is 9.21 Å². The van der Waals surface area contributed by atoms with Crippen LogP contribution in [0.1, 0.15) is 27.0 Å². The Labute approximate surface area is 159 Å². The van der Waals surface area contributed by atoms with Crippen LogP contribution in [0.25, 0.3) is 10.8 Å². The molecule has 0 aliphatic rings. The van der Waals surface area contributed by atoms with Crippen LogP contribution < -0.4 is 5.32 Å². The van der Waals surface area contributed by atoms with Crippen LogP contribution in [0.4, 0.5) is 0 Å². The predicted molar refractivity (Wildman–Crippen MR) is 101 cm³/mol. The maximum atomic E-state index is 12.9. The van der Waals surface area contributed by atoms with Gasteiger partial charge >= 0.3 is 0 Å². The van der Waals surface area contributed by atoms with Crippen molar-refractivity contribution in [3.05, 3.63) is 77.5 Å². The average Bonchev–Trinajstić information content (AvgIpc) is 3.43. The van der Waals surface area contributed by atoms with E-state index in [2.05, 4.69) is 20.4 Å². The van der Waals surface area contributed by atoms with Gasteiger partial charge < -0.3 is 9.73 Å². The summed E-state index contributed by atoms with van der Waals surface area (Å²) in [6, 6.07) is 13.2. The standard InChI is InChI=1S/C19H17N5O2S/c1-13-17(23-19(27-13)16-8-5-9-26-16)18(25)22-15(10-24-12-20-11-21-24)14-6-3-2-4-7-14/h2-9,11-12,15H,10H2,1H3,(H,22,25). The summed E-state index contributed by atoms with van der Waals surface area (Å²) in [7, 11) is 0. The summed E-state index contributed by atoms with van der Waals surface area (Å²) in [6.07, 6.45) is 4.70. The van der Waals surface area contributed by atoms with Crippen LogP contribution in [-0.4, -0.2) is 25.7 Å². The molecule has 0 bridgehead atoms. The van der Waals surface area contributed by atoms with Gasteiger partial charge in [-0.3, -0.25) is 9.48 Å². The van der Waals surface area contributed by atoms with Crippen molar-refractivity contribution in [3.8, 4) is 10.8 Å². The smallest absolute Gasteiger partial charge is 0.271 e. The molecule has 1 amide bonds. The topological polar surface area (TPSA) is 85.8 Å². The number of thiazole rings is 1. The van der Waals surface area contributed by atoms with Crippen molar-refractivity contribution in [2.24, 2.45) is 0 Å². The van der Waals surface area contributed by atoms with Gasteiger partial charge in [0.05, 0.1) is 18.8 Å². The molecule has 4 rings (SSSR count). The Bertz CT molecular complexity index is 1010. The summed E-state index contributed by atoms with van der Waals surface area (Å²) >= 11 is 1.44. The minimum atomic E-state index is -0.256. The summed E-state index contributed by atoms with van der Waals surface area (Å²) < 4.78 is 7.08. The monoisotopic (exact) mass is 379 g/mol. The maximum Gasteiger partial charge on any atom is 0.271 e. The molecule has 1 unspecified atom stereocenters. The summed E-state index contributed by atoms with van der Waals surface area (Å²) in [5.41, 5.74) is 1.39. The Balaban J connectivity index is 1.58. The molecule has 0 saturated carbocycles. The molecule has 3 heterocycles. The lowest BCUT2D eigenvalue weighted by molar-refractivity contribution is 0.0927. The van der Waals surface area contributed by atoms with E-state index in [1.54, 1.807) is 23.3 Å². The van der Waals surface area contributed by atoms with Crippen molar-refractivity contribution >= 4 is 17.2 Å². The molecular weight excluding hydrogens is 362 g/mol. The lowest BCUT2D eigenvalue weighted by atomic mass is 10.1. The van der Waals surface area contributed by atoms with Crippen LogP contribution in [0, 0.1) is 6.92 Å². The molecule has 27 heavy (non-hydrogen) atoms. The number of amides is 1. The van der Waals surface area contributed by atoms with Crippen LogP contribution >= 0.6 is 11.3 Å². The average molecular weight is 379 g/mol. The number of hydrogen-bond acceptors (Lipinski definition) is 6. The number of furan rings is 1. The molecule has 3 aromatic heterocycles. The fraction of sp³-hybridized carbons (Fsp3) is 0.158. The second kappa shape index (κ2) is 7.55. The first kappa shape index (κ1) is 17.2. The van der Waals surface area contributed by atoms with Gasteiger partial charge in [-0.1, -0.05) is 30.3 Å². The van der Waals surface area contributed by atoms with Crippen LogP contribution in [0.15, 0.2) is 65.8 Å². The Morgan fingerprint density at radius 1 is 1.26 bits per heavy atom. The molecule has 4 aromatic rings. The Morgan fingerprint density at radius 3 is 2.81 bits per heavy atom. The lowest BCUT2D eigenvalue weighted by Crippen LogP contribution is -2.32. The van der Waals surface area contributed by atoms with Gasteiger partial charge in [0.2, 0.25) is 0 Å². The fourth-order valence-electron chi connectivity index (χ4n) is 2.77. The summed E-state index contributed by atoms with van der Waals surface area (Å²) in [6.45, 7) is 2.36. The van der Waals surface area contributed by atoms with Crippen LogP contribution in [0.3, 0.4) is 0 Å². The SMILES string of the molecule is Cc1sc(-c2ccco2)nc1C(=O)NC(Cn1cncn1)c1ccccc1. The maximum absolute atomic E-state index is 12.9. The van der Waals surface area contributed by atoms with Gasteiger partial charge in [-0.15, -0.1) is 11.3 Å². The van der Waals surface area contributed by atoms with Crippen LogP contribution in [0.2, 0.25) is 0 Å². The van der Waals surface area contributed by atoms with E-state index in [0.717, 1.165) is 10.4 Å². The van der Waals surface area contributed by atoms with Crippen LogP contribution in [0.5, 0.6) is 0 Å². The molecule has 7 nitrogen and oxygen atoms in total. The van der Waals surface area contributed by atoms with E-state index in [9.17, 15) is 4.79 Å². The van der Waals surface area contributed by atoms with E-state index in [4.69, 9.17) is 4.42 Å². The summed E-state index contributed by atoms with van der Waals surface area (Å²) in [5.74, 6) is 0.430. The summed E-state index contributed by atoms with van der Waals surface area (Å²) in [5, 5.41) is 7.91. The first-order valence-electron chi connectivity index (χ1n) is 8.40. The number of carbonyl (C=O) groups excluding carboxylic acids is 1. The fourth-order valence-corrected chi connectivity index (χ4v) is 3.65. The molecule has 0 radical (unpaired) electrons. The molecule has 0 aliphatic carbocycles. The van der Waals surface area contributed by atoms with Crippen LogP contribution in [-0.2, 0) is 6.54 Å². The molecule has 1 aromatic carbocycles. The molecule has 1 atom stereocenters. The number of rotatable bonds is 6.